The van der Waals surface area contributed by atoms with Crippen LogP contribution in [0, 0.1) is 22.7 Å². The molecule has 1 aromatic heterocycles. The summed E-state index contributed by atoms with van der Waals surface area (Å²) in [4.78, 5) is 4.76. The number of hydrogen-bond acceptors (Lipinski definition) is 5. The lowest BCUT2D eigenvalue weighted by Gasteiger charge is -2.47. The van der Waals surface area contributed by atoms with E-state index in [0.717, 1.165) is 55.4 Å². The van der Waals surface area contributed by atoms with E-state index in [9.17, 15) is 15.3 Å². The van der Waals surface area contributed by atoms with Crippen LogP contribution in [0.5, 0.6) is 0 Å². The molecule has 0 radical (unpaired) electrons. The van der Waals surface area contributed by atoms with E-state index >= 15 is 0 Å². The zero-order chi connectivity index (χ0) is 28.7. The minimum absolute atomic E-state index is 0.0454. The molecule has 5 heteroatoms. The van der Waals surface area contributed by atoms with Gasteiger partial charge in [0, 0.05) is 6.42 Å². The molecule has 0 amide bonds. The van der Waals surface area contributed by atoms with Gasteiger partial charge < -0.3 is 19.7 Å². The highest BCUT2D eigenvalue weighted by Gasteiger charge is 2.55. The Labute approximate surface area is 241 Å². The molecule has 0 saturated heterocycles. The average molecular weight is 550 g/mol. The molecule has 1 heterocycles. The Balaban J connectivity index is 1.30. The highest BCUT2D eigenvalue weighted by molar-refractivity contribution is 5.39. The minimum Gasteiger partial charge on any atom is -0.448 e. The average Bonchev–Trinajstić information content (AvgIpc) is 3.43. The number of fused-ring (bicyclic) bond motifs is 1. The largest absolute Gasteiger partial charge is 0.448 e. The molecule has 4 saturated carbocycles. The lowest BCUT2D eigenvalue weighted by Crippen LogP contribution is -2.39. The number of hydrogen-bond donors (Lipinski definition) is 3. The maximum atomic E-state index is 11.3. The number of aryl methyl sites for hydroxylation is 1. The molecule has 3 N–H and O–H groups in total. The Hall–Kier alpha value is -1.95. The molecule has 0 unspecified atom stereocenters. The molecule has 4 aliphatic rings. The second-order valence-corrected chi connectivity index (χ2v) is 14.1. The van der Waals surface area contributed by atoms with Crippen molar-refractivity contribution in [2.24, 2.45) is 22.7 Å². The van der Waals surface area contributed by atoms with Crippen LogP contribution in [-0.4, -0.2) is 38.6 Å². The number of allylic oxidation sites excluding steroid dienone is 4. The SMILES string of the molecule is C=C1C(=CC=C2CCC[C@]3(C)[C@@H](C(C)(C)C=C[C@@H](O)C4(c5nc(CCCC)co5)CC4)CC[C@@H]23)C[C@@H](O)C[C@@H]1O. The Kier molecular flexibility index (Phi) is 8.40. The molecule has 6 atom stereocenters. The normalized spacial score (nSPS) is 35.0. The van der Waals surface area contributed by atoms with Crippen molar-refractivity contribution in [2.45, 2.75) is 128 Å². The molecule has 5 nitrogen and oxygen atoms in total. The van der Waals surface area contributed by atoms with Gasteiger partial charge in [0.05, 0.1) is 29.4 Å². The van der Waals surface area contributed by atoms with Crippen LogP contribution < -0.4 is 0 Å². The fourth-order valence-corrected chi connectivity index (χ4v) is 8.35. The molecule has 4 aliphatic carbocycles. The van der Waals surface area contributed by atoms with Gasteiger partial charge in [-0.15, -0.1) is 0 Å². The van der Waals surface area contributed by atoms with Gasteiger partial charge in [0.25, 0.3) is 0 Å². The summed E-state index contributed by atoms with van der Waals surface area (Å²) in [6, 6.07) is 0. The van der Waals surface area contributed by atoms with Gasteiger partial charge >= 0.3 is 0 Å². The number of nitrogens with zero attached hydrogens (tertiary/aromatic N) is 1. The van der Waals surface area contributed by atoms with Crippen molar-refractivity contribution in [3.05, 3.63) is 65.5 Å². The number of aromatic nitrogens is 1. The molecular formula is C35H51NO4. The van der Waals surface area contributed by atoms with Crippen molar-refractivity contribution < 1.29 is 19.7 Å². The lowest BCUT2D eigenvalue weighted by atomic mass is 9.57. The zero-order valence-corrected chi connectivity index (χ0v) is 25.2. The van der Waals surface area contributed by atoms with Crippen LogP contribution in [-0.2, 0) is 11.8 Å². The highest BCUT2D eigenvalue weighted by Crippen LogP contribution is 2.62. The standard InChI is InChI=1S/C35H51NO4/c1-6-7-10-26-22-40-32(36-26)35(18-19-35)31(39)15-17-33(3,4)30-14-13-28-24(9-8-16-34(28,30)5)11-12-25-20-27(37)21-29(38)23(25)2/h11-12,15,17,22,27-31,37-39H,2,6-10,13-14,16,18-21H2,1,3-5H3/t27-,28+,29+,30-,31-,34+/m1/s1. The van der Waals surface area contributed by atoms with Crippen molar-refractivity contribution >= 4 is 0 Å². The molecule has 40 heavy (non-hydrogen) atoms. The van der Waals surface area contributed by atoms with Crippen LogP contribution in [0.4, 0.5) is 0 Å². The molecule has 0 bridgehead atoms. The minimum atomic E-state index is -0.648. The summed E-state index contributed by atoms with van der Waals surface area (Å²) in [5, 5.41) is 31.8. The van der Waals surface area contributed by atoms with E-state index in [2.05, 4.69) is 52.5 Å². The van der Waals surface area contributed by atoms with E-state index < -0.39 is 18.3 Å². The van der Waals surface area contributed by atoms with E-state index in [-0.39, 0.29) is 16.2 Å². The van der Waals surface area contributed by atoms with Gasteiger partial charge in [0.15, 0.2) is 0 Å². The summed E-state index contributed by atoms with van der Waals surface area (Å²) in [6.07, 6.45) is 20.6. The fourth-order valence-electron chi connectivity index (χ4n) is 8.35. The smallest absolute Gasteiger partial charge is 0.203 e. The van der Waals surface area contributed by atoms with Gasteiger partial charge in [-0.1, -0.05) is 70.6 Å². The van der Waals surface area contributed by atoms with Crippen LogP contribution in [0.15, 0.2) is 58.3 Å². The summed E-state index contributed by atoms with van der Waals surface area (Å²) in [5.41, 5.74) is 4.04. The molecular weight excluding hydrogens is 498 g/mol. The second-order valence-electron chi connectivity index (χ2n) is 14.1. The van der Waals surface area contributed by atoms with Crippen molar-refractivity contribution in [3.8, 4) is 0 Å². The Morgan fingerprint density at radius 2 is 1.98 bits per heavy atom. The Bertz CT molecular complexity index is 1170. The van der Waals surface area contributed by atoms with E-state index in [1.165, 1.54) is 31.3 Å². The van der Waals surface area contributed by atoms with Crippen molar-refractivity contribution in [3.63, 3.8) is 0 Å². The predicted octanol–water partition coefficient (Wildman–Crippen LogP) is 7.13. The highest BCUT2D eigenvalue weighted by atomic mass is 16.3. The number of unbranched alkanes of at least 4 members (excludes halogenated alkanes) is 1. The van der Waals surface area contributed by atoms with Crippen LogP contribution in [0.1, 0.15) is 110 Å². The molecule has 4 fully saturated rings. The van der Waals surface area contributed by atoms with Crippen LogP contribution in [0.2, 0.25) is 0 Å². The van der Waals surface area contributed by atoms with Crippen LogP contribution in [0.3, 0.4) is 0 Å². The molecule has 0 aliphatic heterocycles. The van der Waals surface area contributed by atoms with E-state index in [0.29, 0.717) is 30.6 Å². The second kappa shape index (κ2) is 11.4. The van der Waals surface area contributed by atoms with Gasteiger partial charge in [0.2, 0.25) is 5.89 Å². The van der Waals surface area contributed by atoms with Gasteiger partial charge in [0.1, 0.15) is 6.26 Å². The molecule has 5 rings (SSSR count). The first-order chi connectivity index (χ1) is 19.0. The number of aliphatic hydroxyl groups excluding tert-OH is 3. The first-order valence-corrected chi connectivity index (χ1v) is 15.8. The quantitative estimate of drug-likeness (QED) is 0.285. The number of aliphatic hydroxyl groups is 3. The van der Waals surface area contributed by atoms with Crippen molar-refractivity contribution in [2.75, 3.05) is 0 Å². The third-order valence-corrected chi connectivity index (χ3v) is 11.0. The summed E-state index contributed by atoms with van der Waals surface area (Å²) < 4.78 is 5.88. The zero-order valence-electron chi connectivity index (χ0n) is 25.2. The third kappa shape index (κ3) is 5.58. The van der Waals surface area contributed by atoms with E-state index in [1.807, 2.05) is 6.08 Å². The Morgan fingerprint density at radius 1 is 1.20 bits per heavy atom. The molecule has 0 spiro atoms. The van der Waals surface area contributed by atoms with E-state index in [4.69, 9.17) is 9.40 Å². The van der Waals surface area contributed by atoms with E-state index in [1.54, 1.807) is 6.26 Å². The summed E-state index contributed by atoms with van der Waals surface area (Å²) in [5.74, 6) is 1.77. The monoisotopic (exact) mass is 549 g/mol. The lowest BCUT2D eigenvalue weighted by molar-refractivity contribution is 0.0705. The molecule has 1 aromatic rings. The maximum Gasteiger partial charge on any atom is 0.203 e. The predicted molar refractivity (Wildman–Crippen MR) is 160 cm³/mol. The first-order valence-electron chi connectivity index (χ1n) is 15.8. The first kappa shape index (κ1) is 29.5. The van der Waals surface area contributed by atoms with Crippen molar-refractivity contribution in [1.82, 2.24) is 4.98 Å². The summed E-state index contributed by atoms with van der Waals surface area (Å²) in [7, 11) is 0. The van der Waals surface area contributed by atoms with Crippen LogP contribution >= 0.6 is 0 Å². The third-order valence-electron chi connectivity index (χ3n) is 11.0. The summed E-state index contributed by atoms with van der Waals surface area (Å²) >= 11 is 0. The van der Waals surface area contributed by atoms with Crippen molar-refractivity contribution in [1.29, 1.82) is 0 Å². The molecule has 0 aromatic carbocycles. The fraction of sp³-hybridized carbons (Fsp3) is 0.686. The topological polar surface area (TPSA) is 86.7 Å². The summed E-state index contributed by atoms with van der Waals surface area (Å²) in [6.45, 7) is 13.4. The van der Waals surface area contributed by atoms with Gasteiger partial charge in [-0.25, -0.2) is 4.98 Å². The van der Waals surface area contributed by atoms with Crippen LogP contribution in [0.25, 0.3) is 0 Å². The van der Waals surface area contributed by atoms with Gasteiger partial charge in [-0.3, -0.25) is 0 Å². The van der Waals surface area contributed by atoms with Gasteiger partial charge in [-0.05, 0) is 98.0 Å². The maximum absolute atomic E-state index is 11.3. The number of oxazole rings is 1. The number of rotatable bonds is 9. The van der Waals surface area contributed by atoms with Gasteiger partial charge in [-0.2, -0.15) is 0 Å². The Morgan fingerprint density at radius 3 is 2.70 bits per heavy atom. The molecule has 220 valence electrons.